The molecule has 1 N–H and O–H groups in total. The highest BCUT2D eigenvalue weighted by molar-refractivity contribution is 7.93. The minimum absolute atomic E-state index is 0.0251. The van der Waals surface area contributed by atoms with Crippen LogP contribution in [0.15, 0.2) is 75.4 Å². The topological polar surface area (TPSA) is 102 Å². The molecule has 0 aliphatic heterocycles. The van der Waals surface area contributed by atoms with E-state index in [-0.39, 0.29) is 21.8 Å². The normalized spacial score (nSPS) is 13.3. The Bertz CT molecular complexity index is 1160. The molecule has 0 saturated carbocycles. The van der Waals surface area contributed by atoms with Crippen molar-refractivity contribution in [2.75, 3.05) is 6.54 Å². The number of nitrogens with one attached hydrogen (secondary N) is 1. The molecular formula is C20H22N2O5S3. The van der Waals surface area contributed by atoms with Gasteiger partial charge in [0.1, 0.15) is 15.2 Å². The number of rotatable bonds is 9. The van der Waals surface area contributed by atoms with E-state index < -0.39 is 25.1 Å². The van der Waals surface area contributed by atoms with Crippen LogP contribution in [0, 0.1) is 0 Å². The molecule has 1 unspecified atom stereocenters. The van der Waals surface area contributed by atoms with Gasteiger partial charge in [-0.15, -0.1) is 11.3 Å². The Kier molecular flexibility index (Phi) is 6.91. The largest absolute Gasteiger partial charge is 0.491 e. The Balaban J connectivity index is 1.85. The van der Waals surface area contributed by atoms with Gasteiger partial charge in [-0.2, -0.15) is 0 Å². The summed E-state index contributed by atoms with van der Waals surface area (Å²) in [6, 6.07) is 12.4. The van der Waals surface area contributed by atoms with E-state index in [1.807, 2.05) is 13.8 Å². The highest BCUT2D eigenvalue weighted by Gasteiger charge is 2.31. The van der Waals surface area contributed by atoms with Crippen molar-refractivity contribution >= 4 is 31.2 Å². The van der Waals surface area contributed by atoms with Crippen LogP contribution < -0.4 is 9.46 Å². The third-order valence-corrected chi connectivity index (χ3v) is 9.14. The van der Waals surface area contributed by atoms with Crippen LogP contribution in [0.3, 0.4) is 0 Å². The summed E-state index contributed by atoms with van der Waals surface area (Å²) < 4.78 is 59.9. The number of pyridine rings is 1. The predicted molar refractivity (Wildman–Crippen MR) is 116 cm³/mol. The monoisotopic (exact) mass is 466 g/mol. The van der Waals surface area contributed by atoms with Gasteiger partial charge in [-0.3, -0.25) is 4.98 Å². The molecule has 0 saturated heterocycles. The van der Waals surface area contributed by atoms with Gasteiger partial charge in [-0.05, 0) is 61.2 Å². The van der Waals surface area contributed by atoms with Crippen molar-refractivity contribution in [2.24, 2.45) is 0 Å². The van der Waals surface area contributed by atoms with Crippen molar-refractivity contribution in [1.82, 2.24) is 9.71 Å². The van der Waals surface area contributed by atoms with Crippen molar-refractivity contribution in [3.8, 4) is 5.75 Å². The minimum Gasteiger partial charge on any atom is -0.491 e. The van der Waals surface area contributed by atoms with Crippen LogP contribution >= 0.6 is 11.3 Å². The Hall–Kier alpha value is -2.27. The van der Waals surface area contributed by atoms with Crippen LogP contribution in [-0.4, -0.2) is 34.5 Å². The molecule has 10 heteroatoms. The molecule has 0 radical (unpaired) electrons. The first-order chi connectivity index (χ1) is 14.2. The molecule has 0 aliphatic carbocycles. The molecular weight excluding hydrogens is 444 g/mol. The first-order valence-electron chi connectivity index (χ1n) is 9.14. The number of hydrogen-bond acceptors (Lipinski definition) is 7. The van der Waals surface area contributed by atoms with Gasteiger partial charge in [0.25, 0.3) is 0 Å². The smallest absolute Gasteiger partial charge is 0.240 e. The molecule has 3 rings (SSSR count). The van der Waals surface area contributed by atoms with E-state index in [4.69, 9.17) is 4.74 Å². The SMILES string of the molecule is CC(C)Oc1ccc(S(=O)(=O)NCC(c2cccnc2)S(=O)(=O)c2cccs2)cc1. The van der Waals surface area contributed by atoms with E-state index in [1.54, 1.807) is 35.7 Å². The maximum atomic E-state index is 13.1. The first-order valence-corrected chi connectivity index (χ1v) is 13.0. The number of benzene rings is 1. The predicted octanol–water partition coefficient (Wildman–Crippen LogP) is 3.42. The summed E-state index contributed by atoms with van der Waals surface area (Å²) in [6.45, 7) is 3.43. The summed E-state index contributed by atoms with van der Waals surface area (Å²) in [6.07, 6.45) is 2.93. The van der Waals surface area contributed by atoms with Gasteiger partial charge in [0.05, 0.1) is 11.0 Å². The second kappa shape index (κ2) is 9.25. The zero-order chi connectivity index (χ0) is 21.8. The van der Waals surface area contributed by atoms with E-state index in [0.717, 1.165) is 11.3 Å². The summed E-state index contributed by atoms with van der Waals surface area (Å²) in [7, 11) is -7.73. The fourth-order valence-electron chi connectivity index (χ4n) is 2.78. The number of sulfone groups is 1. The zero-order valence-electron chi connectivity index (χ0n) is 16.4. The van der Waals surface area contributed by atoms with Crippen molar-refractivity contribution in [2.45, 2.75) is 34.3 Å². The second-order valence-electron chi connectivity index (χ2n) is 6.74. The molecule has 2 aromatic heterocycles. The van der Waals surface area contributed by atoms with E-state index in [2.05, 4.69) is 9.71 Å². The third kappa shape index (κ3) is 5.25. The molecule has 30 heavy (non-hydrogen) atoms. The van der Waals surface area contributed by atoms with Crippen molar-refractivity contribution in [1.29, 1.82) is 0 Å². The lowest BCUT2D eigenvalue weighted by atomic mass is 10.2. The quantitative estimate of drug-likeness (QED) is 0.518. The molecule has 160 valence electrons. The molecule has 0 bridgehead atoms. The van der Waals surface area contributed by atoms with Gasteiger partial charge >= 0.3 is 0 Å². The molecule has 3 aromatic rings. The summed E-state index contributed by atoms with van der Waals surface area (Å²) >= 11 is 1.09. The fourth-order valence-corrected chi connectivity index (χ4v) is 6.78. The molecule has 1 atom stereocenters. The van der Waals surface area contributed by atoms with Crippen LogP contribution in [0.1, 0.15) is 24.7 Å². The summed E-state index contributed by atoms with van der Waals surface area (Å²) in [4.78, 5) is 4.01. The van der Waals surface area contributed by atoms with Gasteiger partial charge < -0.3 is 4.74 Å². The molecule has 1 aromatic carbocycles. The van der Waals surface area contributed by atoms with Crippen LogP contribution in [0.4, 0.5) is 0 Å². The van der Waals surface area contributed by atoms with Gasteiger partial charge in [-0.25, -0.2) is 21.6 Å². The van der Waals surface area contributed by atoms with Crippen molar-refractivity contribution in [3.05, 3.63) is 71.9 Å². The number of aromatic nitrogens is 1. The summed E-state index contributed by atoms with van der Waals surface area (Å²) in [5.74, 6) is 0.553. The highest BCUT2D eigenvalue weighted by atomic mass is 32.2. The molecule has 0 fully saturated rings. The van der Waals surface area contributed by atoms with Crippen molar-refractivity contribution < 1.29 is 21.6 Å². The lowest BCUT2D eigenvalue weighted by molar-refractivity contribution is 0.242. The van der Waals surface area contributed by atoms with Gasteiger partial charge in [0, 0.05) is 18.9 Å². The molecule has 2 heterocycles. The number of ether oxygens (including phenoxy) is 1. The van der Waals surface area contributed by atoms with Gasteiger partial charge in [0.2, 0.25) is 10.0 Å². The first kappa shape index (κ1) is 22.4. The molecule has 7 nitrogen and oxygen atoms in total. The maximum Gasteiger partial charge on any atom is 0.240 e. The van der Waals surface area contributed by atoms with Gasteiger partial charge in [-0.1, -0.05) is 12.1 Å². The Morgan fingerprint density at radius 3 is 2.33 bits per heavy atom. The lowest BCUT2D eigenvalue weighted by Crippen LogP contribution is -2.31. The number of thiophene rings is 1. The van der Waals surface area contributed by atoms with Crippen LogP contribution in [-0.2, 0) is 19.9 Å². The number of sulfonamides is 1. The fraction of sp³-hybridized carbons (Fsp3) is 0.250. The van der Waals surface area contributed by atoms with E-state index in [0.29, 0.717) is 11.3 Å². The number of hydrogen-bond donors (Lipinski definition) is 1. The zero-order valence-corrected chi connectivity index (χ0v) is 18.9. The molecule has 0 amide bonds. The van der Waals surface area contributed by atoms with Gasteiger partial charge in [0.15, 0.2) is 9.84 Å². The summed E-state index contributed by atoms with van der Waals surface area (Å²) in [5, 5.41) is 0.557. The Labute approximate surface area is 180 Å². The summed E-state index contributed by atoms with van der Waals surface area (Å²) in [5.41, 5.74) is 0.411. The standard InChI is InChI=1S/C20H22N2O5S3/c1-15(2)27-17-7-9-18(10-8-17)30(25,26)22-14-19(16-5-3-11-21-13-16)29(23,24)20-6-4-12-28-20/h3-13,15,19,22H,14H2,1-2H3. The van der Waals surface area contributed by atoms with Crippen molar-refractivity contribution in [3.63, 3.8) is 0 Å². The Morgan fingerprint density at radius 2 is 1.77 bits per heavy atom. The minimum atomic E-state index is -3.92. The highest BCUT2D eigenvalue weighted by Crippen LogP contribution is 2.31. The van der Waals surface area contributed by atoms with Crippen LogP contribution in [0.25, 0.3) is 0 Å². The average molecular weight is 467 g/mol. The lowest BCUT2D eigenvalue weighted by Gasteiger charge is -2.18. The Morgan fingerprint density at radius 1 is 1.03 bits per heavy atom. The molecule has 0 spiro atoms. The van der Waals surface area contributed by atoms with Crippen LogP contribution in [0.2, 0.25) is 0 Å². The third-order valence-electron chi connectivity index (χ3n) is 4.17. The maximum absolute atomic E-state index is 13.1. The van der Waals surface area contributed by atoms with E-state index in [1.165, 1.54) is 30.6 Å². The van der Waals surface area contributed by atoms with E-state index >= 15 is 0 Å². The number of nitrogens with zero attached hydrogens (tertiary/aromatic N) is 1. The molecule has 0 aliphatic rings. The average Bonchev–Trinajstić information content (AvgIpc) is 3.24. The van der Waals surface area contributed by atoms with Crippen LogP contribution in [0.5, 0.6) is 5.75 Å². The van der Waals surface area contributed by atoms with E-state index in [9.17, 15) is 16.8 Å². The second-order valence-corrected chi connectivity index (χ2v) is 11.8.